The average Bonchev–Trinajstić information content (AvgIpc) is 2.46. The van der Waals surface area contributed by atoms with Crippen LogP contribution >= 0.6 is 0 Å². The Kier molecular flexibility index (Phi) is 5.20. The summed E-state index contributed by atoms with van der Waals surface area (Å²) in [6, 6.07) is 4.40. The zero-order valence-corrected chi connectivity index (χ0v) is 13.3. The third kappa shape index (κ3) is 4.27. The highest BCUT2D eigenvalue weighted by Gasteiger charge is 2.42. The summed E-state index contributed by atoms with van der Waals surface area (Å²) < 4.78 is 37.6. The van der Waals surface area contributed by atoms with Gasteiger partial charge in [-0.25, -0.2) is 0 Å². The molecule has 1 aromatic carbocycles. The van der Waals surface area contributed by atoms with Gasteiger partial charge in [-0.15, -0.1) is 0 Å². The van der Waals surface area contributed by atoms with Crippen molar-refractivity contribution in [2.45, 2.75) is 50.7 Å². The maximum atomic E-state index is 12.5. The molecule has 0 radical (unpaired) electrons. The number of benzene rings is 1. The van der Waals surface area contributed by atoms with Crippen LogP contribution in [0.25, 0.3) is 0 Å². The fourth-order valence-corrected chi connectivity index (χ4v) is 3.24. The Morgan fingerprint density at radius 3 is 2.42 bits per heavy atom. The van der Waals surface area contributed by atoms with Crippen LogP contribution in [-0.2, 0) is 22.2 Å². The molecule has 0 aromatic heterocycles. The minimum Gasteiger partial charge on any atom is -0.481 e. The Morgan fingerprint density at radius 2 is 1.88 bits per heavy atom. The first-order valence-corrected chi connectivity index (χ1v) is 7.82. The number of rotatable bonds is 4. The summed E-state index contributed by atoms with van der Waals surface area (Å²) in [5, 5.41) is 12.1. The fraction of sp³-hybridized carbons (Fsp3) is 0.529. The van der Waals surface area contributed by atoms with Gasteiger partial charge in [-0.3, -0.25) is 9.59 Å². The molecule has 1 saturated carbocycles. The summed E-state index contributed by atoms with van der Waals surface area (Å²) in [6.07, 6.45) is -1.78. The van der Waals surface area contributed by atoms with Gasteiger partial charge in [0.25, 0.3) is 0 Å². The molecule has 2 unspecified atom stereocenters. The Bertz CT molecular complexity index is 613. The standard InChI is InChI=1S/C17H20F3NO3/c1-16(9-3-2-4-13(16)15(23)24)21-14(22)10-11-5-7-12(8-6-11)17(18,19)20/h5-8,13H,2-4,9-10H2,1H3,(H,21,22)(H,23,24). The first-order valence-electron chi connectivity index (χ1n) is 7.82. The lowest BCUT2D eigenvalue weighted by Gasteiger charge is -2.39. The molecule has 2 N–H and O–H groups in total. The molecule has 2 atom stereocenters. The van der Waals surface area contributed by atoms with Crippen LogP contribution in [0.5, 0.6) is 0 Å². The van der Waals surface area contributed by atoms with Gasteiger partial charge in [0.1, 0.15) is 0 Å². The lowest BCUT2D eigenvalue weighted by Crippen LogP contribution is -2.55. The Hall–Kier alpha value is -2.05. The number of nitrogens with one attached hydrogen (secondary N) is 1. The molecule has 4 nitrogen and oxygen atoms in total. The van der Waals surface area contributed by atoms with Crippen molar-refractivity contribution in [2.24, 2.45) is 5.92 Å². The molecule has 2 rings (SSSR count). The molecular formula is C17H20F3NO3. The predicted octanol–water partition coefficient (Wildman–Crippen LogP) is 3.40. The van der Waals surface area contributed by atoms with Crippen molar-refractivity contribution in [2.75, 3.05) is 0 Å². The fourth-order valence-electron chi connectivity index (χ4n) is 3.24. The molecule has 0 aliphatic heterocycles. The van der Waals surface area contributed by atoms with E-state index in [1.807, 2.05) is 0 Å². The third-order valence-electron chi connectivity index (χ3n) is 4.58. The van der Waals surface area contributed by atoms with E-state index in [-0.39, 0.29) is 12.3 Å². The number of aliphatic carboxylic acids is 1. The SMILES string of the molecule is CC1(NC(=O)Cc2ccc(C(F)(F)F)cc2)CCCCC1C(=O)O. The van der Waals surface area contributed by atoms with Crippen molar-refractivity contribution < 1.29 is 27.9 Å². The van der Waals surface area contributed by atoms with E-state index in [9.17, 15) is 27.9 Å². The van der Waals surface area contributed by atoms with Crippen LogP contribution in [0.2, 0.25) is 0 Å². The van der Waals surface area contributed by atoms with Gasteiger partial charge >= 0.3 is 12.1 Å². The van der Waals surface area contributed by atoms with Crippen molar-refractivity contribution in [3.8, 4) is 0 Å². The maximum absolute atomic E-state index is 12.5. The molecule has 0 bridgehead atoms. The van der Waals surface area contributed by atoms with E-state index in [2.05, 4.69) is 5.32 Å². The first kappa shape index (κ1) is 18.3. The number of alkyl halides is 3. The second kappa shape index (κ2) is 6.83. The number of halogens is 3. The van der Waals surface area contributed by atoms with Crippen LogP contribution in [0.4, 0.5) is 13.2 Å². The molecule has 1 aliphatic carbocycles. The number of carbonyl (C=O) groups is 2. The van der Waals surface area contributed by atoms with Gasteiger partial charge in [-0.05, 0) is 37.5 Å². The molecular weight excluding hydrogens is 323 g/mol. The number of amides is 1. The average molecular weight is 343 g/mol. The van der Waals surface area contributed by atoms with Gasteiger partial charge in [0.15, 0.2) is 0 Å². The van der Waals surface area contributed by atoms with Crippen molar-refractivity contribution in [3.63, 3.8) is 0 Å². The third-order valence-corrected chi connectivity index (χ3v) is 4.58. The van der Waals surface area contributed by atoms with Gasteiger partial charge in [-0.2, -0.15) is 13.2 Å². The summed E-state index contributed by atoms with van der Waals surface area (Å²) in [6.45, 7) is 1.72. The van der Waals surface area contributed by atoms with Gasteiger partial charge < -0.3 is 10.4 Å². The minimum absolute atomic E-state index is 0.0833. The summed E-state index contributed by atoms with van der Waals surface area (Å²) in [5.41, 5.74) is -1.14. The van der Waals surface area contributed by atoms with Crippen LogP contribution in [-0.4, -0.2) is 22.5 Å². The minimum atomic E-state index is -4.41. The molecule has 1 aromatic rings. The van der Waals surface area contributed by atoms with Crippen LogP contribution in [0.15, 0.2) is 24.3 Å². The highest BCUT2D eigenvalue weighted by Crippen LogP contribution is 2.34. The normalized spacial score (nSPS) is 24.4. The first-order chi connectivity index (χ1) is 11.1. The Balaban J connectivity index is 2.03. The topological polar surface area (TPSA) is 66.4 Å². The molecule has 1 fully saturated rings. The number of carboxylic acids is 1. The molecule has 24 heavy (non-hydrogen) atoms. The largest absolute Gasteiger partial charge is 0.481 e. The Morgan fingerprint density at radius 1 is 1.25 bits per heavy atom. The summed E-state index contributed by atoms with van der Waals surface area (Å²) in [7, 11) is 0. The van der Waals surface area contributed by atoms with Crippen molar-refractivity contribution >= 4 is 11.9 Å². The molecule has 1 aliphatic rings. The lowest BCUT2D eigenvalue weighted by molar-refractivity contribution is -0.146. The highest BCUT2D eigenvalue weighted by molar-refractivity contribution is 5.81. The van der Waals surface area contributed by atoms with Crippen LogP contribution < -0.4 is 5.32 Å². The highest BCUT2D eigenvalue weighted by atomic mass is 19.4. The summed E-state index contributed by atoms with van der Waals surface area (Å²) in [4.78, 5) is 23.6. The zero-order valence-electron chi connectivity index (χ0n) is 13.3. The van der Waals surface area contributed by atoms with Crippen molar-refractivity contribution in [1.29, 1.82) is 0 Å². The summed E-state index contributed by atoms with van der Waals surface area (Å²) in [5.74, 6) is -1.97. The number of carboxylic acid groups (broad SMARTS) is 1. The van der Waals surface area contributed by atoms with Crippen LogP contribution in [0.1, 0.15) is 43.7 Å². The van der Waals surface area contributed by atoms with E-state index in [1.54, 1.807) is 6.92 Å². The van der Waals surface area contributed by atoms with E-state index in [1.165, 1.54) is 12.1 Å². The monoisotopic (exact) mass is 343 g/mol. The Labute approximate surface area is 138 Å². The van der Waals surface area contributed by atoms with E-state index in [0.29, 0.717) is 18.4 Å². The molecule has 7 heteroatoms. The molecule has 1 amide bonds. The quantitative estimate of drug-likeness (QED) is 0.881. The second-order valence-electron chi connectivity index (χ2n) is 6.47. The smallest absolute Gasteiger partial charge is 0.416 e. The van der Waals surface area contributed by atoms with Crippen LogP contribution in [0.3, 0.4) is 0 Å². The molecule has 132 valence electrons. The van der Waals surface area contributed by atoms with E-state index >= 15 is 0 Å². The molecule has 0 spiro atoms. The van der Waals surface area contributed by atoms with Gasteiger partial charge in [0.05, 0.1) is 23.4 Å². The van der Waals surface area contributed by atoms with Crippen molar-refractivity contribution in [1.82, 2.24) is 5.32 Å². The van der Waals surface area contributed by atoms with Crippen LogP contribution in [0, 0.1) is 5.92 Å². The van der Waals surface area contributed by atoms with E-state index in [0.717, 1.165) is 25.0 Å². The van der Waals surface area contributed by atoms with Crippen molar-refractivity contribution in [3.05, 3.63) is 35.4 Å². The maximum Gasteiger partial charge on any atom is 0.416 e. The predicted molar refractivity (Wildman–Crippen MR) is 81.3 cm³/mol. The van der Waals surface area contributed by atoms with E-state index in [4.69, 9.17) is 0 Å². The zero-order chi connectivity index (χ0) is 18.0. The number of hydrogen-bond acceptors (Lipinski definition) is 2. The summed E-state index contributed by atoms with van der Waals surface area (Å²) >= 11 is 0. The number of hydrogen-bond donors (Lipinski definition) is 2. The lowest BCUT2D eigenvalue weighted by atomic mass is 9.74. The second-order valence-corrected chi connectivity index (χ2v) is 6.47. The molecule has 0 saturated heterocycles. The van der Waals surface area contributed by atoms with Gasteiger partial charge in [0.2, 0.25) is 5.91 Å². The van der Waals surface area contributed by atoms with Gasteiger partial charge in [-0.1, -0.05) is 25.0 Å². The van der Waals surface area contributed by atoms with E-state index < -0.39 is 29.2 Å². The number of carbonyl (C=O) groups excluding carboxylic acids is 1. The van der Waals surface area contributed by atoms with Gasteiger partial charge in [0, 0.05) is 0 Å². The molecule has 0 heterocycles.